The first kappa shape index (κ1) is 15.1. The smallest absolute Gasteiger partial charge is 0.267 e. The zero-order valence-corrected chi connectivity index (χ0v) is 12.0. The number of hydrogen-bond donors (Lipinski definition) is 2. The summed E-state index contributed by atoms with van der Waals surface area (Å²) >= 11 is 0. The number of primary amides is 1. The van der Waals surface area contributed by atoms with Gasteiger partial charge in [-0.15, -0.1) is 0 Å². The highest BCUT2D eigenvalue weighted by Crippen LogP contribution is 2.08. The molecular formula is C14H15N3O3S. The van der Waals surface area contributed by atoms with Crippen LogP contribution in [0.25, 0.3) is 0 Å². The third-order valence-electron chi connectivity index (χ3n) is 2.86. The van der Waals surface area contributed by atoms with Crippen LogP contribution in [-0.4, -0.2) is 25.9 Å². The van der Waals surface area contributed by atoms with Crippen LogP contribution in [0.2, 0.25) is 0 Å². The standard InChI is InChI=1S/C14H15N3O3S/c15-14(18)13-11(5-4-9-16-13)8-10-17-21(19,20)12-6-2-1-3-7-12/h1-7,9,17H,8,10H2,(H2,15,18). The van der Waals surface area contributed by atoms with Crippen LogP contribution in [0.4, 0.5) is 0 Å². The molecule has 7 heteroatoms. The minimum Gasteiger partial charge on any atom is -0.364 e. The van der Waals surface area contributed by atoms with Crippen molar-refractivity contribution in [3.05, 3.63) is 59.9 Å². The Morgan fingerprint density at radius 1 is 1.14 bits per heavy atom. The van der Waals surface area contributed by atoms with Gasteiger partial charge in [-0.05, 0) is 30.2 Å². The normalized spacial score (nSPS) is 11.2. The average molecular weight is 305 g/mol. The Morgan fingerprint density at radius 3 is 2.52 bits per heavy atom. The molecule has 0 radical (unpaired) electrons. The number of sulfonamides is 1. The molecule has 0 fully saturated rings. The molecule has 0 aliphatic carbocycles. The average Bonchev–Trinajstić information content (AvgIpc) is 2.48. The lowest BCUT2D eigenvalue weighted by Gasteiger charge is -2.08. The fraction of sp³-hybridized carbons (Fsp3) is 0.143. The number of nitrogens with two attached hydrogens (primary N) is 1. The van der Waals surface area contributed by atoms with Crippen LogP contribution >= 0.6 is 0 Å². The van der Waals surface area contributed by atoms with Crippen molar-refractivity contribution < 1.29 is 13.2 Å². The molecule has 0 unspecified atom stereocenters. The molecule has 21 heavy (non-hydrogen) atoms. The minimum absolute atomic E-state index is 0.156. The summed E-state index contributed by atoms with van der Waals surface area (Å²) in [5.41, 5.74) is 6.00. The van der Waals surface area contributed by atoms with E-state index in [0.29, 0.717) is 12.0 Å². The van der Waals surface area contributed by atoms with E-state index in [4.69, 9.17) is 5.73 Å². The molecule has 0 aliphatic heterocycles. The number of nitrogens with one attached hydrogen (secondary N) is 1. The number of nitrogens with zero attached hydrogens (tertiary/aromatic N) is 1. The third-order valence-corrected chi connectivity index (χ3v) is 4.34. The summed E-state index contributed by atoms with van der Waals surface area (Å²) in [5.74, 6) is -0.628. The molecule has 1 aromatic heterocycles. The maximum absolute atomic E-state index is 12.0. The molecule has 1 heterocycles. The second-order valence-electron chi connectivity index (χ2n) is 4.34. The first-order chi connectivity index (χ1) is 10.0. The van der Waals surface area contributed by atoms with Crippen LogP contribution in [0.3, 0.4) is 0 Å². The van der Waals surface area contributed by atoms with Gasteiger partial charge in [0.05, 0.1) is 4.90 Å². The van der Waals surface area contributed by atoms with Gasteiger partial charge >= 0.3 is 0 Å². The molecule has 110 valence electrons. The molecule has 0 atom stereocenters. The number of hydrogen-bond acceptors (Lipinski definition) is 4. The zero-order chi connectivity index (χ0) is 15.3. The van der Waals surface area contributed by atoms with Crippen molar-refractivity contribution in [3.8, 4) is 0 Å². The highest BCUT2D eigenvalue weighted by Gasteiger charge is 2.14. The summed E-state index contributed by atoms with van der Waals surface area (Å²) in [7, 11) is -3.55. The summed E-state index contributed by atoms with van der Waals surface area (Å²) < 4.78 is 26.5. The molecule has 0 spiro atoms. The number of amides is 1. The second kappa shape index (κ2) is 6.47. The summed E-state index contributed by atoms with van der Waals surface area (Å²) in [4.78, 5) is 15.3. The van der Waals surface area contributed by atoms with Gasteiger partial charge in [0.2, 0.25) is 10.0 Å². The van der Waals surface area contributed by atoms with E-state index < -0.39 is 15.9 Å². The van der Waals surface area contributed by atoms with Crippen molar-refractivity contribution in [1.82, 2.24) is 9.71 Å². The van der Waals surface area contributed by atoms with Gasteiger partial charge in [0.1, 0.15) is 5.69 Å². The van der Waals surface area contributed by atoms with Gasteiger partial charge in [-0.2, -0.15) is 0 Å². The number of benzene rings is 1. The third kappa shape index (κ3) is 3.87. The van der Waals surface area contributed by atoms with E-state index >= 15 is 0 Å². The van der Waals surface area contributed by atoms with E-state index in [1.807, 2.05) is 0 Å². The van der Waals surface area contributed by atoms with Crippen LogP contribution in [0.15, 0.2) is 53.6 Å². The first-order valence-corrected chi connectivity index (χ1v) is 7.77. The topological polar surface area (TPSA) is 102 Å². The Kier molecular flexibility index (Phi) is 4.66. The maximum Gasteiger partial charge on any atom is 0.267 e. The summed E-state index contributed by atoms with van der Waals surface area (Å²) in [5, 5.41) is 0. The fourth-order valence-electron chi connectivity index (χ4n) is 1.87. The highest BCUT2D eigenvalue weighted by molar-refractivity contribution is 7.89. The molecule has 6 nitrogen and oxygen atoms in total. The van der Waals surface area contributed by atoms with Gasteiger partial charge in [-0.3, -0.25) is 9.78 Å². The van der Waals surface area contributed by atoms with Crippen molar-refractivity contribution >= 4 is 15.9 Å². The van der Waals surface area contributed by atoms with Gasteiger partial charge in [0.15, 0.2) is 0 Å². The molecule has 2 rings (SSSR count). The summed E-state index contributed by atoms with van der Waals surface area (Å²) in [6.45, 7) is 0.156. The van der Waals surface area contributed by atoms with Crippen molar-refractivity contribution in [2.24, 2.45) is 5.73 Å². The van der Waals surface area contributed by atoms with E-state index in [1.54, 1.807) is 30.3 Å². The van der Waals surface area contributed by atoms with E-state index in [1.165, 1.54) is 18.3 Å². The molecule has 3 N–H and O–H groups in total. The van der Waals surface area contributed by atoms with E-state index in [9.17, 15) is 13.2 Å². The molecule has 0 bridgehead atoms. The van der Waals surface area contributed by atoms with Crippen LogP contribution < -0.4 is 10.5 Å². The molecule has 0 saturated carbocycles. The highest BCUT2D eigenvalue weighted by atomic mass is 32.2. The quantitative estimate of drug-likeness (QED) is 0.820. The monoisotopic (exact) mass is 305 g/mol. The van der Waals surface area contributed by atoms with Gasteiger partial charge in [-0.25, -0.2) is 13.1 Å². The lowest BCUT2D eigenvalue weighted by atomic mass is 10.1. The molecule has 0 aliphatic rings. The Hall–Kier alpha value is -2.25. The van der Waals surface area contributed by atoms with Crippen LogP contribution in [0, 0.1) is 0 Å². The number of rotatable bonds is 6. The fourth-order valence-corrected chi connectivity index (χ4v) is 2.92. The lowest BCUT2D eigenvalue weighted by Crippen LogP contribution is -2.27. The number of pyridine rings is 1. The van der Waals surface area contributed by atoms with E-state index in [0.717, 1.165) is 0 Å². The van der Waals surface area contributed by atoms with Crippen LogP contribution in [-0.2, 0) is 16.4 Å². The number of aromatic nitrogens is 1. The van der Waals surface area contributed by atoms with Gasteiger partial charge < -0.3 is 5.73 Å². The first-order valence-electron chi connectivity index (χ1n) is 6.29. The molecular weight excluding hydrogens is 290 g/mol. The molecule has 1 amide bonds. The Balaban J connectivity index is 2.04. The Bertz CT molecular complexity index is 730. The van der Waals surface area contributed by atoms with Crippen molar-refractivity contribution in [2.45, 2.75) is 11.3 Å². The molecule has 1 aromatic carbocycles. The summed E-state index contributed by atoms with van der Waals surface area (Å²) in [6.07, 6.45) is 1.80. The minimum atomic E-state index is -3.55. The van der Waals surface area contributed by atoms with Gasteiger partial charge in [0, 0.05) is 12.7 Å². The number of carbonyl (C=O) groups excluding carboxylic acids is 1. The lowest BCUT2D eigenvalue weighted by molar-refractivity contribution is 0.0994. The van der Waals surface area contributed by atoms with Crippen LogP contribution in [0.1, 0.15) is 16.1 Å². The van der Waals surface area contributed by atoms with Gasteiger partial charge in [0.25, 0.3) is 5.91 Å². The van der Waals surface area contributed by atoms with Crippen molar-refractivity contribution in [3.63, 3.8) is 0 Å². The van der Waals surface area contributed by atoms with E-state index in [-0.39, 0.29) is 17.1 Å². The predicted molar refractivity (Wildman–Crippen MR) is 78.1 cm³/mol. The summed E-state index contributed by atoms with van der Waals surface area (Å²) in [6, 6.07) is 11.5. The molecule has 0 saturated heterocycles. The molecule has 2 aromatic rings. The Morgan fingerprint density at radius 2 is 1.86 bits per heavy atom. The Labute approximate surface area is 123 Å². The van der Waals surface area contributed by atoms with Crippen molar-refractivity contribution in [2.75, 3.05) is 6.54 Å². The van der Waals surface area contributed by atoms with Gasteiger partial charge in [-0.1, -0.05) is 24.3 Å². The largest absolute Gasteiger partial charge is 0.364 e. The number of carbonyl (C=O) groups is 1. The second-order valence-corrected chi connectivity index (χ2v) is 6.10. The SMILES string of the molecule is NC(=O)c1ncccc1CCNS(=O)(=O)c1ccccc1. The maximum atomic E-state index is 12.0. The van der Waals surface area contributed by atoms with Crippen molar-refractivity contribution in [1.29, 1.82) is 0 Å². The predicted octanol–water partition coefficient (Wildman–Crippen LogP) is 0.701. The van der Waals surface area contributed by atoms with Crippen LogP contribution in [0.5, 0.6) is 0 Å². The van der Waals surface area contributed by atoms with E-state index in [2.05, 4.69) is 9.71 Å². The zero-order valence-electron chi connectivity index (χ0n) is 11.2.